The van der Waals surface area contributed by atoms with Crippen molar-refractivity contribution >= 4 is 23.0 Å². The monoisotopic (exact) mass is 341 g/mol. The minimum atomic E-state index is -0.302. The summed E-state index contributed by atoms with van der Waals surface area (Å²) in [6.45, 7) is 0. The molecular formula is C18H13ClFN3O. The maximum Gasteiger partial charge on any atom is 0.248 e. The summed E-state index contributed by atoms with van der Waals surface area (Å²) in [5, 5.41) is 0.277. The molecule has 0 fully saturated rings. The van der Waals surface area contributed by atoms with Crippen LogP contribution in [0.5, 0.6) is 0 Å². The van der Waals surface area contributed by atoms with Crippen molar-refractivity contribution < 1.29 is 4.39 Å². The van der Waals surface area contributed by atoms with Gasteiger partial charge in [0.25, 0.3) is 0 Å². The lowest BCUT2D eigenvalue weighted by atomic mass is 10.0. The molecule has 24 heavy (non-hydrogen) atoms. The molecule has 0 unspecified atom stereocenters. The lowest BCUT2D eigenvalue weighted by Gasteiger charge is -2.08. The molecule has 4 nitrogen and oxygen atoms in total. The van der Waals surface area contributed by atoms with Crippen molar-refractivity contribution in [1.29, 1.82) is 0 Å². The summed E-state index contributed by atoms with van der Waals surface area (Å²) in [5.41, 5.74) is 2.47. The van der Waals surface area contributed by atoms with Crippen LogP contribution in [0.4, 0.5) is 10.1 Å². The Morgan fingerprint density at radius 3 is 2.71 bits per heavy atom. The van der Waals surface area contributed by atoms with E-state index >= 15 is 0 Å². The molecule has 120 valence electrons. The molecule has 3 aromatic rings. The normalized spacial score (nSPS) is 11.5. The fourth-order valence-corrected chi connectivity index (χ4v) is 2.39. The number of rotatable bonds is 4. The topological polar surface area (TPSA) is 58.1 Å². The lowest BCUT2D eigenvalue weighted by Crippen LogP contribution is -2.11. The molecule has 1 N–H and O–H groups in total. The fourth-order valence-electron chi connectivity index (χ4n) is 2.23. The molecule has 6 heteroatoms. The number of nitrogens with one attached hydrogen (secondary N) is 1. The van der Waals surface area contributed by atoms with Crippen LogP contribution in [-0.4, -0.2) is 15.7 Å². The summed E-state index contributed by atoms with van der Waals surface area (Å²) in [6, 6.07) is 12.8. The zero-order valence-electron chi connectivity index (χ0n) is 12.5. The maximum atomic E-state index is 13.1. The van der Waals surface area contributed by atoms with E-state index < -0.39 is 0 Å². The van der Waals surface area contributed by atoms with E-state index in [2.05, 4.69) is 15.0 Å². The van der Waals surface area contributed by atoms with Gasteiger partial charge < -0.3 is 4.98 Å². The van der Waals surface area contributed by atoms with Crippen LogP contribution in [0.15, 0.2) is 70.7 Å². The first-order valence-electron chi connectivity index (χ1n) is 7.23. The molecule has 0 aliphatic rings. The van der Waals surface area contributed by atoms with Crippen molar-refractivity contribution in [3.05, 3.63) is 93.4 Å². The first kappa shape index (κ1) is 16.1. The predicted molar refractivity (Wildman–Crippen MR) is 92.6 cm³/mol. The minimum Gasteiger partial charge on any atom is -0.329 e. The van der Waals surface area contributed by atoms with E-state index in [4.69, 9.17) is 11.6 Å². The third-order valence-electron chi connectivity index (χ3n) is 3.39. The van der Waals surface area contributed by atoms with Crippen LogP contribution >= 0.6 is 11.6 Å². The van der Waals surface area contributed by atoms with E-state index in [0.29, 0.717) is 23.4 Å². The highest BCUT2D eigenvalue weighted by Gasteiger charge is 2.09. The van der Waals surface area contributed by atoms with Crippen molar-refractivity contribution in [3.63, 3.8) is 0 Å². The Balaban J connectivity index is 2.05. The Bertz CT molecular complexity index is 935. The summed E-state index contributed by atoms with van der Waals surface area (Å²) in [4.78, 5) is 22.8. The van der Waals surface area contributed by atoms with Gasteiger partial charge in [0.15, 0.2) is 5.15 Å². The molecular weight excluding hydrogens is 329 g/mol. The number of nitrogens with zero attached hydrogens (tertiary/aromatic N) is 2. The maximum absolute atomic E-state index is 13.1. The molecule has 0 radical (unpaired) electrons. The molecule has 1 aromatic carbocycles. The fraction of sp³-hybridized carbons (Fsp3) is 0.0556. The van der Waals surface area contributed by atoms with Gasteiger partial charge in [0.1, 0.15) is 11.5 Å². The van der Waals surface area contributed by atoms with Gasteiger partial charge in [-0.25, -0.2) is 14.4 Å². The number of benzene rings is 1. The highest BCUT2D eigenvalue weighted by atomic mass is 35.5. The molecule has 0 aliphatic heterocycles. The predicted octanol–water partition coefficient (Wildman–Crippen LogP) is 3.93. The van der Waals surface area contributed by atoms with Crippen LogP contribution in [0.3, 0.4) is 0 Å². The van der Waals surface area contributed by atoms with Gasteiger partial charge in [0, 0.05) is 30.4 Å². The largest absolute Gasteiger partial charge is 0.329 e. The summed E-state index contributed by atoms with van der Waals surface area (Å²) in [7, 11) is 0. The lowest BCUT2D eigenvalue weighted by molar-refractivity contribution is 0.627. The Kier molecular flexibility index (Phi) is 4.82. The molecule has 2 heterocycles. The SMILES string of the molecule is O=c1cc(C(Cc2ccc(F)cc2)=Nc2cccnc2Cl)cc[nH]1. The zero-order valence-corrected chi connectivity index (χ0v) is 13.3. The van der Waals surface area contributed by atoms with Gasteiger partial charge in [-0.3, -0.25) is 4.79 Å². The number of hydrogen-bond acceptors (Lipinski definition) is 3. The summed E-state index contributed by atoms with van der Waals surface area (Å²) in [5.74, 6) is -0.302. The van der Waals surface area contributed by atoms with Crippen LogP contribution in [0.2, 0.25) is 5.15 Å². The standard InChI is InChI=1S/C18H13ClFN3O/c19-18-15(2-1-8-22-18)23-16(13-7-9-21-17(24)11-13)10-12-3-5-14(20)6-4-12/h1-9,11H,10H2,(H,21,24). The van der Waals surface area contributed by atoms with Crippen molar-refractivity contribution in [2.24, 2.45) is 4.99 Å². The van der Waals surface area contributed by atoms with E-state index in [-0.39, 0.29) is 16.5 Å². The Labute approximate surface area is 142 Å². The van der Waals surface area contributed by atoms with E-state index in [1.807, 2.05) is 0 Å². The second-order valence-electron chi connectivity index (χ2n) is 5.12. The molecule has 0 atom stereocenters. The highest BCUT2D eigenvalue weighted by Crippen LogP contribution is 2.23. The number of aliphatic imine (C=N–C) groups is 1. The number of halogens is 2. The second-order valence-corrected chi connectivity index (χ2v) is 5.47. The average molecular weight is 342 g/mol. The molecule has 0 aliphatic carbocycles. The Morgan fingerprint density at radius 2 is 2.00 bits per heavy atom. The van der Waals surface area contributed by atoms with Gasteiger partial charge in [-0.2, -0.15) is 0 Å². The minimum absolute atomic E-state index is 0.225. The number of aromatic nitrogens is 2. The Hall–Kier alpha value is -2.79. The first-order valence-corrected chi connectivity index (χ1v) is 7.61. The second kappa shape index (κ2) is 7.19. The van der Waals surface area contributed by atoms with E-state index in [1.54, 1.807) is 42.7 Å². The quantitative estimate of drug-likeness (QED) is 0.577. The molecule has 0 bridgehead atoms. The molecule has 2 aromatic heterocycles. The molecule has 0 saturated carbocycles. The third kappa shape index (κ3) is 3.94. The van der Waals surface area contributed by atoms with Crippen molar-refractivity contribution in [1.82, 2.24) is 9.97 Å². The van der Waals surface area contributed by atoms with Crippen LogP contribution < -0.4 is 5.56 Å². The highest BCUT2D eigenvalue weighted by molar-refractivity contribution is 6.31. The van der Waals surface area contributed by atoms with E-state index in [0.717, 1.165) is 5.56 Å². The van der Waals surface area contributed by atoms with Crippen molar-refractivity contribution in [2.75, 3.05) is 0 Å². The smallest absolute Gasteiger partial charge is 0.248 e. The summed E-state index contributed by atoms with van der Waals surface area (Å²) in [6.07, 6.45) is 3.56. The van der Waals surface area contributed by atoms with Crippen LogP contribution in [0.25, 0.3) is 0 Å². The van der Waals surface area contributed by atoms with Gasteiger partial charge in [0.2, 0.25) is 5.56 Å². The Morgan fingerprint density at radius 1 is 1.21 bits per heavy atom. The van der Waals surface area contributed by atoms with E-state index in [9.17, 15) is 9.18 Å². The summed E-state index contributed by atoms with van der Waals surface area (Å²) >= 11 is 6.08. The van der Waals surface area contributed by atoms with Gasteiger partial charge in [-0.1, -0.05) is 23.7 Å². The van der Waals surface area contributed by atoms with Gasteiger partial charge in [0.05, 0.1) is 5.71 Å². The van der Waals surface area contributed by atoms with Crippen LogP contribution in [0, 0.1) is 5.82 Å². The molecule has 0 spiro atoms. The van der Waals surface area contributed by atoms with Gasteiger partial charge in [-0.15, -0.1) is 0 Å². The van der Waals surface area contributed by atoms with Gasteiger partial charge >= 0.3 is 0 Å². The number of aromatic amines is 1. The van der Waals surface area contributed by atoms with Crippen molar-refractivity contribution in [3.8, 4) is 0 Å². The van der Waals surface area contributed by atoms with Crippen LogP contribution in [-0.2, 0) is 6.42 Å². The molecule has 0 saturated heterocycles. The molecule has 3 rings (SSSR count). The van der Waals surface area contributed by atoms with Crippen molar-refractivity contribution in [2.45, 2.75) is 6.42 Å². The average Bonchev–Trinajstić information content (AvgIpc) is 2.58. The first-order chi connectivity index (χ1) is 11.6. The third-order valence-corrected chi connectivity index (χ3v) is 3.68. The number of H-pyrrole nitrogens is 1. The van der Waals surface area contributed by atoms with Gasteiger partial charge in [-0.05, 0) is 35.9 Å². The van der Waals surface area contributed by atoms with E-state index in [1.165, 1.54) is 18.2 Å². The zero-order chi connectivity index (χ0) is 16.9. The number of pyridine rings is 2. The molecule has 0 amide bonds. The van der Waals surface area contributed by atoms with Crippen LogP contribution in [0.1, 0.15) is 11.1 Å². The summed E-state index contributed by atoms with van der Waals surface area (Å²) < 4.78 is 13.1. The number of hydrogen-bond donors (Lipinski definition) is 1.